The number of carbonyl (C=O) groups is 1. The fraction of sp³-hybridized carbons (Fsp3) is 0.222. The van der Waals surface area contributed by atoms with Crippen LogP contribution in [0.5, 0.6) is 0 Å². The van der Waals surface area contributed by atoms with Crippen molar-refractivity contribution in [3.8, 4) is 10.6 Å². The minimum atomic E-state index is -0.501. The number of nitrogens with zero attached hydrogens (tertiary/aromatic N) is 1. The molecule has 124 valence electrons. The Morgan fingerprint density at radius 2 is 2.21 bits per heavy atom. The van der Waals surface area contributed by atoms with Gasteiger partial charge in [-0.1, -0.05) is 30.4 Å². The van der Waals surface area contributed by atoms with Crippen LogP contribution in [0.25, 0.3) is 10.6 Å². The Hall–Kier alpha value is -2.28. The predicted octanol–water partition coefficient (Wildman–Crippen LogP) is 3.15. The molecule has 0 saturated carbocycles. The summed E-state index contributed by atoms with van der Waals surface area (Å²) in [5.41, 5.74) is 3.58. The number of allylic oxidation sites excluding steroid dienone is 3. The van der Waals surface area contributed by atoms with Crippen molar-refractivity contribution in [2.24, 2.45) is 5.92 Å². The van der Waals surface area contributed by atoms with Crippen molar-refractivity contribution in [2.45, 2.75) is 13.0 Å². The fourth-order valence-electron chi connectivity index (χ4n) is 2.51. The highest BCUT2D eigenvalue weighted by Gasteiger charge is 2.10. The zero-order chi connectivity index (χ0) is 16.8. The van der Waals surface area contributed by atoms with Crippen LogP contribution >= 0.6 is 11.3 Å². The van der Waals surface area contributed by atoms with E-state index in [-0.39, 0.29) is 0 Å². The molecule has 0 bridgehead atoms. The molecule has 5 nitrogen and oxygen atoms in total. The molecule has 6 heteroatoms. The zero-order valence-corrected chi connectivity index (χ0v) is 13.9. The van der Waals surface area contributed by atoms with Gasteiger partial charge in [0.1, 0.15) is 0 Å². The van der Waals surface area contributed by atoms with Gasteiger partial charge in [0.2, 0.25) is 0 Å². The summed E-state index contributed by atoms with van der Waals surface area (Å²) in [6.07, 6.45) is 11.5. The molecule has 1 atom stereocenters. The molecule has 3 N–H and O–H groups in total. The topological polar surface area (TPSA) is 74.2 Å². The van der Waals surface area contributed by atoms with E-state index in [2.05, 4.69) is 34.6 Å². The smallest absolute Gasteiger partial charge is 0.284 e. The number of hydroxylamine groups is 1. The highest BCUT2D eigenvalue weighted by Crippen LogP contribution is 2.26. The number of thiophene rings is 1. The first-order valence-electron chi connectivity index (χ1n) is 7.80. The van der Waals surface area contributed by atoms with E-state index in [0.717, 1.165) is 35.6 Å². The zero-order valence-electron chi connectivity index (χ0n) is 13.1. The lowest BCUT2D eigenvalue weighted by Crippen LogP contribution is -2.21. The molecular formula is C18H19N3O2S. The van der Waals surface area contributed by atoms with Gasteiger partial charge in [0.15, 0.2) is 0 Å². The number of amides is 1. The molecule has 0 aromatic carbocycles. The summed E-state index contributed by atoms with van der Waals surface area (Å²) in [6, 6.07) is 7.50. The summed E-state index contributed by atoms with van der Waals surface area (Å²) >= 11 is 1.30. The average Bonchev–Trinajstić information content (AvgIpc) is 3.13. The van der Waals surface area contributed by atoms with Crippen LogP contribution in [-0.2, 0) is 6.54 Å². The fourth-order valence-corrected chi connectivity index (χ4v) is 3.39. The molecule has 1 unspecified atom stereocenters. The maximum absolute atomic E-state index is 11.4. The number of aromatic nitrogens is 1. The number of nitrogens with one attached hydrogen (secondary N) is 2. The second-order valence-electron chi connectivity index (χ2n) is 5.60. The predicted molar refractivity (Wildman–Crippen MR) is 94.9 cm³/mol. The summed E-state index contributed by atoms with van der Waals surface area (Å²) in [7, 11) is 0. The van der Waals surface area contributed by atoms with E-state index in [4.69, 9.17) is 5.21 Å². The van der Waals surface area contributed by atoms with E-state index < -0.39 is 5.91 Å². The van der Waals surface area contributed by atoms with Gasteiger partial charge in [0.25, 0.3) is 5.91 Å². The van der Waals surface area contributed by atoms with Crippen molar-refractivity contribution in [3.05, 3.63) is 65.2 Å². The highest BCUT2D eigenvalue weighted by molar-refractivity contribution is 7.17. The van der Waals surface area contributed by atoms with Crippen LogP contribution in [0.3, 0.4) is 0 Å². The van der Waals surface area contributed by atoms with Crippen LogP contribution in [0, 0.1) is 5.92 Å². The first kappa shape index (κ1) is 16.6. The van der Waals surface area contributed by atoms with Crippen molar-refractivity contribution in [1.29, 1.82) is 0 Å². The summed E-state index contributed by atoms with van der Waals surface area (Å²) < 4.78 is 0. The van der Waals surface area contributed by atoms with Gasteiger partial charge in [-0.25, -0.2) is 5.48 Å². The minimum Gasteiger partial charge on any atom is -0.312 e. The molecule has 0 radical (unpaired) electrons. The third kappa shape index (κ3) is 4.17. The van der Waals surface area contributed by atoms with Crippen LogP contribution in [0.2, 0.25) is 0 Å². The number of hydrogen-bond donors (Lipinski definition) is 3. The van der Waals surface area contributed by atoms with Crippen molar-refractivity contribution in [2.75, 3.05) is 6.54 Å². The SMILES string of the molecule is O=C(NO)c1ccc(-c2ccc(CNCC3C=CC=CC3)cn2)s1. The number of pyridine rings is 1. The standard InChI is InChI=1S/C18H19N3O2S/c22-18(21-23)17-9-8-16(24-17)15-7-6-14(12-20-15)11-19-10-13-4-2-1-3-5-13/h1-4,6-9,12-13,19,23H,5,10-11H2,(H,21,22). The summed E-state index contributed by atoms with van der Waals surface area (Å²) in [4.78, 5) is 17.2. The maximum Gasteiger partial charge on any atom is 0.284 e. The van der Waals surface area contributed by atoms with E-state index >= 15 is 0 Å². The molecule has 3 rings (SSSR count). The molecular weight excluding hydrogens is 322 g/mol. The third-order valence-corrected chi connectivity index (χ3v) is 4.92. The lowest BCUT2D eigenvalue weighted by Gasteiger charge is -2.13. The molecule has 1 aliphatic carbocycles. The van der Waals surface area contributed by atoms with E-state index in [9.17, 15) is 4.79 Å². The Labute approximate surface area is 144 Å². The third-order valence-electron chi connectivity index (χ3n) is 3.81. The molecule has 0 aliphatic heterocycles. The molecule has 2 aromatic rings. The molecule has 1 aliphatic rings. The molecule has 1 amide bonds. The van der Waals surface area contributed by atoms with Gasteiger partial charge >= 0.3 is 0 Å². The van der Waals surface area contributed by atoms with E-state index in [1.807, 2.05) is 24.4 Å². The van der Waals surface area contributed by atoms with Crippen molar-refractivity contribution >= 4 is 17.2 Å². The van der Waals surface area contributed by atoms with Gasteiger partial charge in [-0.2, -0.15) is 0 Å². The van der Waals surface area contributed by atoms with Crippen LogP contribution in [0.4, 0.5) is 0 Å². The summed E-state index contributed by atoms with van der Waals surface area (Å²) in [5.74, 6) is 0.0584. The van der Waals surface area contributed by atoms with E-state index in [1.165, 1.54) is 11.3 Å². The van der Waals surface area contributed by atoms with E-state index in [0.29, 0.717) is 10.8 Å². The van der Waals surface area contributed by atoms with Crippen LogP contribution < -0.4 is 10.8 Å². The molecule has 0 fully saturated rings. The highest BCUT2D eigenvalue weighted by atomic mass is 32.1. The minimum absolute atomic E-state index is 0.453. The number of carbonyl (C=O) groups excluding carboxylic acids is 1. The van der Waals surface area contributed by atoms with Crippen LogP contribution in [0.1, 0.15) is 21.7 Å². The maximum atomic E-state index is 11.4. The first-order chi connectivity index (χ1) is 11.8. The molecule has 2 aromatic heterocycles. The van der Waals surface area contributed by atoms with Gasteiger partial charge in [0, 0.05) is 19.3 Å². The Morgan fingerprint density at radius 1 is 1.29 bits per heavy atom. The summed E-state index contributed by atoms with van der Waals surface area (Å²) in [6.45, 7) is 1.73. The Balaban J connectivity index is 1.55. The number of hydrogen-bond acceptors (Lipinski definition) is 5. The number of rotatable bonds is 6. The van der Waals surface area contributed by atoms with Gasteiger partial charge in [-0.15, -0.1) is 11.3 Å². The summed E-state index contributed by atoms with van der Waals surface area (Å²) in [5, 5.41) is 12.1. The van der Waals surface area contributed by atoms with Gasteiger partial charge in [-0.05, 0) is 36.1 Å². The Bertz CT molecular complexity index is 750. The normalized spacial score (nSPS) is 16.3. The van der Waals surface area contributed by atoms with Crippen molar-refractivity contribution in [1.82, 2.24) is 15.8 Å². The average molecular weight is 341 g/mol. The molecule has 0 spiro atoms. The van der Waals surface area contributed by atoms with Gasteiger partial charge < -0.3 is 5.32 Å². The second kappa shape index (κ2) is 8.01. The van der Waals surface area contributed by atoms with Gasteiger partial charge in [0.05, 0.1) is 15.4 Å². The molecule has 0 saturated heterocycles. The van der Waals surface area contributed by atoms with E-state index in [1.54, 1.807) is 11.5 Å². The van der Waals surface area contributed by atoms with Crippen molar-refractivity contribution < 1.29 is 10.0 Å². The lowest BCUT2D eigenvalue weighted by molar-refractivity contribution is 0.0711. The quantitative estimate of drug-likeness (QED) is 0.557. The Morgan fingerprint density at radius 3 is 2.92 bits per heavy atom. The molecule has 2 heterocycles. The molecule has 24 heavy (non-hydrogen) atoms. The van der Waals surface area contributed by atoms with Crippen molar-refractivity contribution in [3.63, 3.8) is 0 Å². The lowest BCUT2D eigenvalue weighted by atomic mass is 10.0. The van der Waals surface area contributed by atoms with Crippen LogP contribution in [0.15, 0.2) is 54.8 Å². The van der Waals surface area contributed by atoms with Crippen LogP contribution in [-0.4, -0.2) is 22.6 Å². The van der Waals surface area contributed by atoms with Gasteiger partial charge in [-0.3, -0.25) is 15.0 Å². The Kier molecular flexibility index (Phi) is 5.53. The second-order valence-corrected chi connectivity index (χ2v) is 6.68. The largest absolute Gasteiger partial charge is 0.312 e. The monoisotopic (exact) mass is 341 g/mol. The first-order valence-corrected chi connectivity index (χ1v) is 8.61.